The Morgan fingerprint density at radius 3 is 2.70 bits per heavy atom. The number of aromatic nitrogens is 1. The lowest BCUT2D eigenvalue weighted by Gasteiger charge is -2.39. The van der Waals surface area contributed by atoms with E-state index in [1.807, 2.05) is 32.9 Å². The van der Waals surface area contributed by atoms with Gasteiger partial charge in [0.05, 0.1) is 0 Å². The van der Waals surface area contributed by atoms with Crippen LogP contribution in [0.4, 0.5) is 4.79 Å². The van der Waals surface area contributed by atoms with Crippen LogP contribution in [-0.2, 0) is 26.4 Å². The normalized spacial score (nSPS) is 19.8. The number of methoxy groups -OCH3 is 2. The summed E-state index contributed by atoms with van der Waals surface area (Å²) in [6.45, 7) is 6.03. The van der Waals surface area contributed by atoms with E-state index in [0.29, 0.717) is 13.0 Å². The van der Waals surface area contributed by atoms with Gasteiger partial charge in [-0.1, -0.05) is 6.07 Å². The van der Waals surface area contributed by atoms with Gasteiger partial charge < -0.3 is 19.5 Å². The maximum atomic E-state index is 11.8. The minimum Gasteiger partial charge on any atom is -0.444 e. The van der Waals surface area contributed by atoms with Crippen LogP contribution in [0, 0.1) is 5.92 Å². The predicted octanol–water partition coefficient (Wildman–Crippen LogP) is 2.61. The third-order valence-corrected chi connectivity index (χ3v) is 3.91. The largest absolute Gasteiger partial charge is 0.444 e. The molecule has 1 heterocycles. The lowest BCUT2D eigenvalue weighted by molar-refractivity contribution is -0.233. The Bertz CT molecular complexity index is 550. The molecule has 0 bridgehead atoms. The van der Waals surface area contributed by atoms with Crippen LogP contribution >= 0.6 is 0 Å². The summed E-state index contributed by atoms with van der Waals surface area (Å²) in [6, 6.07) is 3.92. The third kappa shape index (κ3) is 4.20. The van der Waals surface area contributed by atoms with Gasteiger partial charge in [0.1, 0.15) is 11.3 Å². The minimum atomic E-state index is -0.866. The van der Waals surface area contributed by atoms with Gasteiger partial charge in [-0.2, -0.15) is 0 Å². The zero-order valence-corrected chi connectivity index (χ0v) is 14.5. The highest BCUT2D eigenvalue weighted by molar-refractivity contribution is 5.67. The van der Waals surface area contributed by atoms with Gasteiger partial charge in [0.15, 0.2) is 0 Å². The van der Waals surface area contributed by atoms with E-state index >= 15 is 0 Å². The number of nitrogens with one attached hydrogen (secondary N) is 1. The molecule has 0 fully saturated rings. The van der Waals surface area contributed by atoms with Gasteiger partial charge in [-0.05, 0) is 44.7 Å². The molecule has 1 atom stereocenters. The molecule has 0 aliphatic heterocycles. The van der Waals surface area contributed by atoms with Crippen LogP contribution in [0.1, 0.15) is 38.4 Å². The molecule has 6 heteroatoms. The first-order chi connectivity index (χ1) is 10.8. The van der Waals surface area contributed by atoms with Crippen LogP contribution in [0.15, 0.2) is 18.3 Å². The number of alkyl carbamates (subject to hydrolysis) is 1. The smallest absolute Gasteiger partial charge is 0.407 e. The van der Waals surface area contributed by atoms with Crippen LogP contribution in [0.5, 0.6) is 0 Å². The monoisotopic (exact) mass is 322 g/mol. The molecule has 128 valence electrons. The minimum absolute atomic E-state index is 0.180. The molecule has 2 rings (SSSR count). The van der Waals surface area contributed by atoms with Gasteiger partial charge in [0.2, 0.25) is 5.79 Å². The van der Waals surface area contributed by atoms with Crippen LogP contribution in [0.2, 0.25) is 0 Å². The molecule has 1 aliphatic carbocycles. The fourth-order valence-corrected chi connectivity index (χ4v) is 2.94. The number of fused-ring (bicyclic) bond motifs is 1. The lowest BCUT2D eigenvalue weighted by atomic mass is 9.82. The first-order valence-corrected chi connectivity index (χ1v) is 7.81. The molecule has 23 heavy (non-hydrogen) atoms. The molecule has 0 spiro atoms. The Hall–Kier alpha value is -1.66. The van der Waals surface area contributed by atoms with Crippen LogP contribution in [0.25, 0.3) is 0 Å². The molecule has 1 aromatic heterocycles. The second-order valence-corrected chi connectivity index (χ2v) is 6.83. The molecule has 0 radical (unpaired) electrons. The van der Waals surface area contributed by atoms with E-state index in [9.17, 15) is 4.79 Å². The number of carbonyl (C=O) groups excluding carboxylic acids is 1. The third-order valence-electron chi connectivity index (χ3n) is 3.91. The molecule has 6 nitrogen and oxygen atoms in total. The Morgan fingerprint density at radius 2 is 2.09 bits per heavy atom. The van der Waals surface area contributed by atoms with Crippen molar-refractivity contribution in [1.82, 2.24) is 10.3 Å². The maximum Gasteiger partial charge on any atom is 0.407 e. The average molecular weight is 322 g/mol. The fraction of sp³-hybridized carbons (Fsp3) is 0.647. The highest BCUT2D eigenvalue weighted by Gasteiger charge is 2.42. The highest BCUT2D eigenvalue weighted by atomic mass is 16.7. The zero-order valence-electron chi connectivity index (χ0n) is 14.5. The SMILES string of the molecule is COC1(OC)CC(CNC(=O)OC(C)(C)C)Cc2cccnc21. The van der Waals surface area contributed by atoms with E-state index in [0.717, 1.165) is 17.7 Å². The number of amides is 1. The second-order valence-electron chi connectivity index (χ2n) is 6.83. The Balaban J connectivity index is 2.07. The van der Waals surface area contributed by atoms with Crippen molar-refractivity contribution < 1.29 is 19.0 Å². The van der Waals surface area contributed by atoms with Crippen molar-refractivity contribution in [3.63, 3.8) is 0 Å². The Kier molecular flexibility index (Phi) is 5.26. The molecule has 1 unspecified atom stereocenters. The predicted molar refractivity (Wildman–Crippen MR) is 86.0 cm³/mol. The van der Waals surface area contributed by atoms with Gasteiger partial charge in [0, 0.05) is 33.4 Å². The van der Waals surface area contributed by atoms with Crippen LogP contribution in [-0.4, -0.2) is 37.4 Å². The molecular formula is C17H26N2O4. The van der Waals surface area contributed by atoms with Crippen molar-refractivity contribution in [1.29, 1.82) is 0 Å². The molecular weight excluding hydrogens is 296 g/mol. The van der Waals surface area contributed by atoms with Crippen molar-refractivity contribution in [2.24, 2.45) is 5.92 Å². The zero-order chi connectivity index (χ0) is 17.1. The summed E-state index contributed by atoms with van der Waals surface area (Å²) < 4.78 is 16.6. The lowest BCUT2D eigenvalue weighted by Crippen LogP contribution is -2.43. The molecule has 0 saturated carbocycles. The standard InChI is InChI=1S/C17H26N2O4/c1-16(2,3)23-15(20)19-11-12-9-13-7-6-8-18-14(13)17(10-12,21-4)22-5/h6-8,12H,9-11H2,1-5H3,(H,19,20). The van der Waals surface area contributed by atoms with Gasteiger partial charge in [0.25, 0.3) is 0 Å². The molecule has 1 N–H and O–H groups in total. The average Bonchev–Trinajstić information content (AvgIpc) is 2.50. The number of pyridine rings is 1. The van der Waals surface area contributed by atoms with Crippen LogP contribution < -0.4 is 5.32 Å². The number of hydrogen-bond acceptors (Lipinski definition) is 5. The number of hydrogen-bond donors (Lipinski definition) is 1. The van der Waals surface area contributed by atoms with Crippen molar-refractivity contribution in [2.75, 3.05) is 20.8 Å². The molecule has 0 saturated heterocycles. The number of rotatable bonds is 4. The van der Waals surface area contributed by atoms with Crippen molar-refractivity contribution in [2.45, 2.75) is 45.0 Å². The molecule has 0 aromatic carbocycles. The van der Waals surface area contributed by atoms with E-state index in [4.69, 9.17) is 14.2 Å². The van der Waals surface area contributed by atoms with Crippen molar-refractivity contribution >= 4 is 6.09 Å². The van der Waals surface area contributed by atoms with Gasteiger partial charge >= 0.3 is 6.09 Å². The Morgan fingerprint density at radius 1 is 1.39 bits per heavy atom. The van der Waals surface area contributed by atoms with Crippen LogP contribution in [0.3, 0.4) is 0 Å². The first-order valence-electron chi connectivity index (χ1n) is 7.81. The summed E-state index contributed by atoms with van der Waals surface area (Å²) in [5, 5.41) is 2.83. The van der Waals surface area contributed by atoms with E-state index in [2.05, 4.69) is 10.3 Å². The van der Waals surface area contributed by atoms with Gasteiger partial charge in [-0.3, -0.25) is 4.98 Å². The highest BCUT2D eigenvalue weighted by Crippen LogP contribution is 2.39. The summed E-state index contributed by atoms with van der Waals surface area (Å²) in [6.07, 6.45) is 2.77. The quantitative estimate of drug-likeness (QED) is 0.863. The van der Waals surface area contributed by atoms with E-state index in [-0.39, 0.29) is 5.92 Å². The topological polar surface area (TPSA) is 69.7 Å². The summed E-state index contributed by atoms with van der Waals surface area (Å²) in [4.78, 5) is 16.3. The summed E-state index contributed by atoms with van der Waals surface area (Å²) in [7, 11) is 3.23. The van der Waals surface area contributed by atoms with E-state index < -0.39 is 17.5 Å². The second kappa shape index (κ2) is 6.84. The molecule has 1 aromatic rings. The first kappa shape index (κ1) is 17.7. The number of ether oxygens (including phenoxy) is 3. The van der Waals surface area contributed by atoms with Gasteiger partial charge in [-0.25, -0.2) is 4.79 Å². The van der Waals surface area contributed by atoms with Crippen molar-refractivity contribution in [3.8, 4) is 0 Å². The van der Waals surface area contributed by atoms with E-state index in [1.54, 1.807) is 20.4 Å². The summed E-state index contributed by atoms with van der Waals surface area (Å²) >= 11 is 0. The van der Waals surface area contributed by atoms with Crippen molar-refractivity contribution in [3.05, 3.63) is 29.6 Å². The fourth-order valence-electron chi connectivity index (χ4n) is 2.94. The summed E-state index contributed by atoms with van der Waals surface area (Å²) in [5.74, 6) is -0.686. The number of nitrogens with zero attached hydrogens (tertiary/aromatic N) is 1. The number of carbonyl (C=O) groups is 1. The molecule has 1 aliphatic rings. The Labute approximate surface area is 137 Å². The summed E-state index contributed by atoms with van der Waals surface area (Å²) in [5.41, 5.74) is 1.40. The van der Waals surface area contributed by atoms with E-state index in [1.165, 1.54) is 0 Å². The maximum absolute atomic E-state index is 11.8. The molecule has 1 amide bonds. The van der Waals surface area contributed by atoms with Gasteiger partial charge in [-0.15, -0.1) is 0 Å².